The highest BCUT2D eigenvalue weighted by Crippen LogP contribution is 2.43. The minimum absolute atomic E-state index is 0.206. The largest absolute Gasteiger partial charge is 0.480 e. The number of carbonyl (C=O) groups is 4. The molecule has 2 aromatic carbocycles. The lowest BCUT2D eigenvalue weighted by molar-refractivity contribution is -0.145. The van der Waals surface area contributed by atoms with Gasteiger partial charge in [-0.15, -0.1) is 0 Å². The van der Waals surface area contributed by atoms with Gasteiger partial charge in [0.25, 0.3) is 11.8 Å². The van der Waals surface area contributed by atoms with Crippen LogP contribution >= 0.6 is 0 Å². The Bertz CT molecular complexity index is 2160. The molecule has 0 bridgehead atoms. The topological polar surface area (TPSA) is 194 Å². The summed E-state index contributed by atoms with van der Waals surface area (Å²) < 4.78 is 0. The minimum atomic E-state index is -1.14. The van der Waals surface area contributed by atoms with E-state index in [4.69, 9.17) is 0 Å². The maximum Gasteiger partial charge on any atom is 0.323 e. The zero-order valence-corrected chi connectivity index (χ0v) is 31.7. The number of rotatable bonds is 15. The number of carbonyl (C=O) groups excluding carboxylic acids is 2. The standard InChI is InChI=1S/C43H48N6O7/c1-24-30(7-5-9-34(24)47-40(51)36-17-32(26-12-13-26)28(19-44-36)20-46-38(23-50)42(53)54)31-8-6-10-35(25(31)2)48-41(52)37-18-33(27-14-15-27)29(21-45-37)22-49-16-4-3-11-39(49)43(55)56/h5-10,17-19,21,26-27,38-39,46,50H,3-4,11-16,20,22-23H2,1-2H3,(H,47,51)(H,48,52)(H,53,54)(H,55,56)/t38-,39+/m1/s1. The highest BCUT2D eigenvalue weighted by Gasteiger charge is 2.33. The van der Waals surface area contributed by atoms with Crippen molar-refractivity contribution in [2.75, 3.05) is 23.8 Å². The van der Waals surface area contributed by atoms with Crippen molar-refractivity contribution in [3.63, 3.8) is 0 Å². The fourth-order valence-corrected chi connectivity index (χ4v) is 7.72. The summed E-state index contributed by atoms with van der Waals surface area (Å²) in [5, 5.41) is 37.4. The number of aromatic nitrogens is 2. The Morgan fingerprint density at radius 3 is 1.80 bits per heavy atom. The lowest BCUT2D eigenvalue weighted by Crippen LogP contribution is -2.44. The number of pyridine rings is 2. The van der Waals surface area contributed by atoms with Gasteiger partial charge < -0.3 is 26.0 Å². The van der Waals surface area contributed by atoms with Gasteiger partial charge in [0.15, 0.2) is 0 Å². The van der Waals surface area contributed by atoms with Gasteiger partial charge in [-0.25, -0.2) is 0 Å². The molecule has 3 heterocycles. The molecular weight excluding hydrogens is 713 g/mol. The summed E-state index contributed by atoms with van der Waals surface area (Å²) in [6.45, 7) is 4.77. The van der Waals surface area contributed by atoms with E-state index < -0.39 is 30.6 Å². The Kier molecular flexibility index (Phi) is 11.6. The number of benzene rings is 2. The number of carboxylic acids is 2. The van der Waals surface area contributed by atoms with Crippen molar-refractivity contribution in [1.82, 2.24) is 20.2 Å². The van der Waals surface area contributed by atoms with Gasteiger partial charge in [0.2, 0.25) is 0 Å². The van der Waals surface area contributed by atoms with Gasteiger partial charge in [0.05, 0.1) is 6.61 Å². The predicted octanol–water partition coefficient (Wildman–Crippen LogP) is 5.99. The minimum Gasteiger partial charge on any atom is -0.480 e. The molecule has 2 amide bonds. The van der Waals surface area contributed by atoms with Crippen LogP contribution in [0.3, 0.4) is 0 Å². The fourth-order valence-electron chi connectivity index (χ4n) is 7.72. The number of hydrogen-bond acceptors (Lipinski definition) is 9. The van der Waals surface area contributed by atoms with Gasteiger partial charge in [-0.1, -0.05) is 30.7 Å². The third-order valence-electron chi connectivity index (χ3n) is 11.3. The van der Waals surface area contributed by atoms with E-state index in [9.17, 15) is 34.5 Å². The Morgan fingerprint density at radius 1 is 0.768 bits per heavy atom. The molecule has 4 aromatic rings. The molecule has 0 radical (unpaired) electrons. The van der Waals surface area contributed by atoms with Crippen LogP contribution in [0.5, 0.6) is 0 Å². The quantitative estimate of drug-likeness (QED) is 0.0833. The Labute approximate surface area is 325 Å². The molecule has 13 nitrogen and oxygen atoms in total. The fraction of sp³-hybridized carbons (Fsp3) is 0.395. The Morgan fingerprint density at radius 2 is 1.30 bits per heavy atom. The highest BCUT2D eigenvalue weighted by atomic mass is 16.4. The van der Waals surface area contributed by atoms with E-state index >= 15 is 0 Å². The monoisotopic (exact) mass is 760 g/mol. The number of carboxylic acid groups (broad SMARTS) is 2. The van der Waals surface area contributed by atoms with Crippen LogP contribution in [-0.2, 0) is 22.7 Å². The van der Waals surface area contributed by atoms with Gasteiger partial charge in [-0.3, -0.25) is 39.4 Å². The first-order chi connectivity index (χ1) is 27.0. The molecule has 2 saturated carbocycles. The second kappa shape index (κ2) is 16.7. The molecule has 292 valence electrons. The van der Waals surface area contributed by atoms with Crippen molar-refractivity contribution in [3.05, 3.63) is 106 Å². The van der Waals surface area contributed by atoms with Crippen molar-refractivity contribution < 1.29 is 34.5 Å². The number of amides is 2. The lowest BCUT2D eigenvalue weighted by Gasteiger charge is -2.33. The van der Waals surface area contributed by atoms with E-state index in [0.29, 0.717) is 36.0 Å². The van der Waals surface area contributed by atoms with Gasteiger partial charge in [-0.05, 0) is 140 Å². The predicted molar refractivity (Wildman–Crippen MR) is 211 cm³/mol. The summed E-state index contributed by atoms with van der Waals surface area (Å²) in [7, 11) is 0. The molecule has 1 saturated heterocycles. The van der Waals surface area contributed by atoms with Crippen LogP contribution in [0.2, 0.25) is 0 Å². The number of likely N-dealkylation sites (tertiary alicyclic amines) is 1. The lowest BCUT2D eigenvalue weighted by atomic mass is 9.94. The molecule has 7 rings (SSSR count). The van der Waals surface area contributed by atoms with E-state index in [0.717, 1.165) is 89.6 Å². The number of anilines is 2. The molecule has 2 aliphatic carbocycles. The van der Waals surface area contributed by atoms with Crippen LogP contribution in [0.15, 0.2) is 60.9 Å². The third kappa shape index (κ3) is 8.65. The zero-order valence-electron chi connectivity index (χ0n) is 31.7. The first-order valence-corrected chi connectivity index (χ1v) is 19.4. The highest BCUT2D eigenvalue weighted by molar-refractivity contribution is 6.05. The number of hydrogen-bond donors (Lipinski definition) is 6. The zero-order chi connectivity index (χ0) is 39.5. The van der Waals surface area contributed by atoms with E-state index in [1.807, 2.05) is 61.2 Å². The van der Waals surface area contributed by atoms with Crippen LogP contribution < -0.4 is 16.0 Å². The average molecular weight is 761 g/mol. The van der Waals surface area contributed by atoms with E-state index in [-0.39, 0.29) is 30.0 Å². The molecule has 0 unspecified atom stereocenters. The molecular formula is C43H48N6O7. The number of nitrogens with zero attached hydrogens (tertiary/aromatic N) is 3. The number of piperidine rings is 1. The summed E-state index contributed by atoms with van der Waals surface area (Å²) in [6, 6.07) is 13.4. The van der Waals surface area contributed by atoms with E-state index in [1.165, 1.54) is 0 Å². The Balaban J connectivity index is 1.06. The molecule has 0 spiro atoms. The smallest absolute Gasteiger partial charge is 0.323 e. The van der Waals surface area contributed by atoms with Gasteiger partial charge in [-0.2, -0.15) is 0 Å². The first kappa shape index (κ1) is 38.8. The third-order valence-corrected chi connectivity index (χ3v) is 11.3. The van der Waals surface area contributed by atoms with Crippen LogP contribution in [0, 0.1) is 13.8 Å². The molecule has 3 aliphatic rings. The van der Waals surface area contributed by atoms with E-state index in [1.54, 1.807) is 18.5 Å². The number of aliphatic carboxylic acids is 2. The maximum atomic E-state index is 13.7. The number of aliphatic hydroxyl groups excluding tert-OH is 1. The van der Waals surface area contributed by atoms with Crippen molar-refractivity contribution in [2.24, 2.45) is 0 Å². The molecule has 56 heavy (non-hydrogen) atoms. The summed E-state index contributed by atoms with van der Waals surface area (Å²) in [5.74, 6) is -2.02. The summed E-state index contributed by atoms with van der Waals surface area (Å²) in [6.07, 6.45) is 9.86. The van der Waals surface area contributed by atoms with Crippen LogP contribution in [0.1, 0.15) is 111 Å². The van der Waals surface area contributed by atoms with Crippen molar-refractivity contribution in [2.45, 2.75) is 95.8 Å². The molecule has 3 fully saturated rings. The van der Waals surface area contributed by atoms with Gasteiger partial charge in [0, 0.05) is 36.9 Å². The molecule has 6 N–H and O–H groups in total. The average Bonchev–Trinajstić information content (AvgIpc) is 4.12. The summed E-state index contributed by atoms with van der Waals surface area (Å²) in [5.41, 5.74) is 9.07. The van der Waals surface area contributed by atoms with Crippen molar-refractivity contribution in [1.29, 1.82) is 0 Å². The maximum absolute atomic E-state index is 13.7. The molecule has 2 aromatic heterocycles. The second-order valence-corrected chi connectivity index (χ2v) is 15.2. The normalized spacial score (nSPS) is 17.6. The molecule has 13 heteroatoms. The summed E-state index contributed by atoms with van der Waals surface area (Å²) >= 11 is 0. The SMILES string of the molecule is Cc1c(NC(=O)c2cc(C3CC3)c(CN[C@H](CO)C(=O)O)cn2)cccc1-c1cccc(NC(=O)c2cc(C3CC3)c(CN3CCCC[C@H]3C(=O)O)cn2)c1C. The van der Waals surface area contributed by atoms with Crippen molar-refractivity contribution in [3.8, 4) is 11.1 Å². The van der Waals surface area contributed by atoms with E-state index in [2.05, 4.69) is 25.9 Å². The van der Waals surface area contributed by atoms with Crippen LogP contribution in [0.4, 0.5) is 11.4 Å². The van der Waals surface area contributed by atoms with Gasteiger partial charge >= 0.3 is 11.9 Å². The second-order valence-electron chi connectivity index (χ2n) is 15.2. The van der Waals surface area contributed by atoms with Crippen molar-refractivity contribution >= 4 is 35.1 Å². The Hall–Kier alpha value is -5.50. The molecule has 1 aliphatic heterocycles. The van der Waals surface area contributed by atoms with Crippen LogP contribution in [-0.4, -0.2) is 79.2 Å². The summed E-state index contributed by atoms with van der Waals surface area (Å²) in [4.78, 5) is 61.5. The number of aliphatic hydroxyl groups is 1. The van der Waals surface area contributed by atoms with Gasteiger partial charge in [0.1, 0.15) is 23.5 Å². The first-order valence-electron chi connectivity index (χ1n) is 19.4. The van der Waals surface area contributed by atoms with Crippen LogP contribution in [0.25, 0.3) is 11.1 Å². The molecule has 2 atom stereocenters. The number of nitrogens with one attached hydrogen (secondary N) is 3.